The molecule has 3 nitrogen and oxygen atoms in total. The Kier molecular flexibility index (Phi) is 3.42. The van der Waals surface area contributed by atoms with E-state index in [1.54, 1.807) is 0 Å². The first kappa shape index (κ1) is 11.9. The highest BCUT2D eigenvalue weighted by molar-refractivity contribution is 4.94. The van der Waals surface area contributed by atoms with E-state index in [9.17, 15) is 0 Å². The van der Waals surface area contributed by atoms with E-state index in [1.807, 2.05) is 0 Å². The van der Waals surface area contributed by atoms with Gasteiger partial charge in [-0.15, -0.1) is 0 Å². The highest BCUT2D eigenvalue weighted by Gasteiger charge is 2.37. The molecule has 0 aliphatic carbocycles. The normalized spacial score (nSPS) is 44.8. The van der Waals surface area contributed by atoms with Gasteiger partial charge in [-0.2, -0.15) is 0 Å². The van der Waals surface area contributed by atoms with Gasteiger partial charge in [-0.1, -0.05) is 0 Å². The first-order valence-electron chi connectivity index (χ1n) is 7.43. The van der Waals surface area contributed by atoms with Gasteiger partial charge in [0.2, 0.25) is 0 Å². The van der Waals surface area contributed by atoms with Crippen LogP contribution in [0.15, 0.2) is 0 Å². The molecule has 0 aromatic heterocycles. The second-order valence-corrected chi connectivity index (χ2v) is 6.37. The van der Waals surface area contributed by atoms with Crippen molar-refractivity contribution in [3.63, 3.8) is 0 Å². The number of hydrogen-bond donors (Lipinski definition) is 1. The Bertz CT molecular complexity index is 268. The molecule has 3 aliphatic rings. The van der Waals surface area contributed by atoms with Gasteiger partial charge in [0.25, 0.3) is 0 Å². The summed E-state index contributed by atoms with van der Waals surface area (Å²) in [6.45, 7) is 6.21. The molecule has 17 heavy (non-hydrogen) atoms. The molecule has 3 fully saturated rings. The topological polar surface area (TPSA) is 18.5 Å². The van der Waals surface area contributed by atoms with Crippen molar-refractivity contribution < 1.29 is 0 Å². The van der Waals surface area contributed by atoms with E-state index in [0.717, 1.165) is 18.1 Å². The molecule has 3 saturated heterocycles. The van der Waals surface area contributed by atoms with Crippen molar-refractivity contribution in [1.82, 2.24) is 15.1 Å². The molecular formula is C14H27N3. The van der Waals surface area contributed by atoms with Crippen LogP contribution in [-0.4, -0.2) is 60.6 Å². The first-order valence-corrected chi connectivity index (χ1v) is 7.43. The summed E-state index contributed by atoms with van der Waals surface area (Å²) in [4.78, 5) is 5.46. The molecule has 0 aromatic carbocycles. The third kappa shape index (κ3) is 2.38. The molecule has 0 amide bonds. The van der Waals surface area contributed by atoms with E-state index >= 15 is 0 Å². The Hall–Kier alpha value is -0.120. The average Bonchev–Trinajstić information content (AvgIpc) is 2.53. The van der Waals surface area contributed by atoms with E-state index in [2.05, 4.69) is 29.1 Å². The summed E-state index contributed by atoms with van der Waals surface area (Å²) in [5.74, 6) is 0. The van der Waals surface area contributed by atoms with E-state index in [4.69, 9.17) is 0 Å². The standard InChI is InChI=1S/C14H27N3/c1-11-9-13(5-7-15-11)17-8-6-12-3-4-14(10-17)16(12)2/h11-15H,3-10H2,1-2H3. The zero-order valence-corrected chi connectivity index (χ0v) is 11.4. The zero-order chi connectivity index (χ0) is 11.8. The van der Waals surface area contributed by atoms with Gasteiger partial charge < -0.3 is 5.32 Å². The number of piperidine rings is 1. The van der Waals surface area contributed by atoms with Crippen LogP contribution < -0.4 is 5.32 Å². The van der Waals surface area contributed by atoms with Gasteiger partial charge in [-0.05, 0) is 59.2 Å². The smallest absolute Gasteiger partial charge is 0.0223 e. The Morgan fingerprint density at radius 1 is 1.00 bits per heavy atom. The molecule has 0 saturated carbocycles. The molecule has 0 aromatic rings. The molecule has 1 N–H and O–H groups in total. The van der Waals surface area contributed by atoms with Gasteiger partial charge >= 0.3 is 0 Å². The summed E-state index contributed by atoms with van der Waals surface area (Å²) in [5.41, 5.74) is 0. The number of fused-ring (bicyclic) bond motifs is 2. The van der Waals surface area contributed by atoms with Crippen LogP contribution in [0.2, 0.25) is 0 Å². The van der Waals surface area contributed by atoms with Crippen LogP contribution in [0.5, 0.6) is 0 Å². The molecule has 4 atom stereocenters. The molecule has 3 rings (SSSR count). The van der Waals surface area contributed by atoms with Crippen molar-refractivity contribution in [2.45, 2.75) is 63.2 Å². The van der Waals surface area contributed by atoms with Crippen LogP contribution in [0.25, 0.3) is 0 Å². The SMILES string of the molecule is CC1CC(N2CCC3CCC(C2)N3C)CCN1. The lowest BCUT2D eigenvalue weighted by molar-refractivity contribution is 0.132. The monoisotopic (exact) mass is 237 g/mol. The molecule has 3 aliphatic heterocycles. The predicted octanol–water partition coefficient (Wildman–Crippen LogP) is 1.30. The van der Waals surface area contributed by atoms with Crippen LogP contribution in [-0.2, 0) is 0 Å². The maximum Gasteiger partial charge on any atom is 0.0223 e. The fraction of sp³-hybridized carbons (Fsp3) is 1.00. The fourth-order valence-corrected chi connectivity index (χ4v) is 4.10. The number of nitrogens with one attached hydrogen (secondary N) is 1. The van der Waals surface area contributed by atoms with Crippen LogP contribution >= 0.6 is 0 Å². The largest absolute Gasteiger partial charge is 0.314 e. The second-order valence-electron chi connectivity index (χ2n) is 6.37. The minimum atomic E-state index is 0.715. The summed E-state index contributed by atoms with van der Waals surface area (Å²) in [7, 11) is 2.34. The third-order valence-corrected chi connectivity index (χ3v) is 5.29. The lowest BCUT2D eigenvalue weighted by Gasteiger charge is -2.38. The van der Waals surface area contributed by atoms with Gasteiger partial charge in [-0.25, -0.2) is 0 Å². The van der Waals surface area contributed by atoms with Crippen LogP contribution in [0.4, 0.5) is 0 Å². The van der Waals surface area contributed by atoms with Gasteiger partial charge in [0, 0.05) is 30.7 Å². The number of rotatable bonds is 1. The van der Waals surface area contributed by atoms with E-state index in [0.29, 0.717) is 6.04 Å². The van der Waals surface area contributed by atoms with E-state index in [1.165, 1.54) is 51.7 Å². The third-order valence-electron chi connectivity index (χ3n) is 5.29. The van der Waals surface area contributed by atoms with Crippen molar-refractivity contribution in [2.24, 2.45) is 0 Å². The predicted molar refractivity (Wildman–Crippen MR) is 71.2 cm³/mol. The first-order chi connectivity index (χ1) is 8.24. The highest BCUT2D eigenvalue weighted by atomic mass is 15.3. The lowest BCUT2D eigenvalue weighted by Crippen LogP contribution is -2.49. The van der Waals surface area contributed by atoms with E-state index in [-0.39, 0.29) is 0 Å². The molecule has 2 bridgehead atoms. The molecule has 3 heterocycles. The molecule has 0 spiro atoms. The maximum absolute atomic E-state index is 3.57. The minimum absolute atomic E-state index is 0.715. The second kappa shape index (κ2) is 4.87. The molecule has 4 unspecified atom stereocenters. The summed E-state index contributed by atoms with van der Waals surface area (Å²) in [6.07, 6.45) is 6.97. The van der Waals surface area contributed by atoms with Crippen molar-refractivity contribution >= 4 is 0 Å². The molecule has 3 heteroatoms. The van der Waals surface area contributed by atoms with Crippen LogP contribution in [0.3, 0.4) is 0 Å². The average molecular weight is 237 g/mol. The summed E-state index contributed by atoms with van der Waals surface area (Å²) in [6, 6.07) is 3.28. The van der Waals surface area contributed by atoms with Gasteiger partial charge in [-0.3, -0.25) is 9.80 Å². The Labute approximate surface area is 106 Å². The minimum Gasteiger partial charge on any atom is -0.314 e. The van der Waals surface area contributed by atoms with Crippen molar-refractivity contribution in [2.75, 3.05) is 26.7 Å². The van der Waals surface area contributed by atoms with Crippen LogP contribution in [0, 0.1) is 0 Å². The highest BCUT2D eigenvalue weighted by Crippen LogP contribution is 2.30. The lowest BCUT2D eigenvalue weighted by atomic mass is 9.97. The maximum atomic E-state index is 3.57. The Morgan fingerprint density at radius 3 is 2.65 bits per heavy atom. The fourth-order valence-electron chi connectivity index (χ4n) is 4.10. The summed E-state index contributed by atoms with van der Waals surface area (Å²) in [5, 5.41) is 3.57. The van der Waals surface area contributed by atoms with Gasteiger partial charge in [0.15, 0.2) is 0 Å². The Morgan fingerprint density at radius 2 is 1.82 bits per heavy atom. The summed E-state index contributed by atoms with van der Waals surface area (Å²) >= 11 is 0. The van der Waals surface area contributed by atoms with Gasteiger partial charge in [0.1, 0.15) is 0 Å². The Balaban J connectivity index is 1.64. The van der Waals surface area contributed by atoms with Crippen molar-refractivity contribution in [3.8, 4) is 0 Å². The molecule has 98 valence electrons. The number of nitrogens with zero attached hydrogens (tertiary/aromatic N) is 2. The quantitative estimate of drug-likeness (QED) is 0.741. The number of hydrogen-bond acceptors (Lipinski definition) is 3. The zero-order valence-electron chi connectivity index (χ0n) is 11.4. The number of likely N-dealkylation sites (N-methyl/N-ethyl adjacent to an activating group) is 1. The molecular weight excluding hydrogens is 210 g/mol. The van der Waals surface area contributed by atoms with Crippen molar-refractivity contribution in [1.29, 1.82) is 0 Å². The van der Waals surface area contributed by atoms with Gasteiger partial charge in [0.05, 0.1) is 0 Å². The number of likely N-dealkylation sites (tertiary alicyclic amines) is 1. The van der Waals surface area contributed by atoms with E-state index < -0.39 is 0 Å². The van der Waals surface area contributed by atoms with Crippen molar-refractivity contribution in [3.05, 3.63) is 0 Å². The van der Waals surface area contributed by atoms with Crippen LogP contribution in [0.1, 0.15) is 39.0 Å². The molecule has 0 radical (unpaired) electrons. The summed E-state index contributed by atoms with van der Waals surface area (Å²) < 4.78 is 0.